The minimum atomic E-state index is -0.686. The van der Waals surface area contributed by atoms with Gasteiger partial charge in [-0.2, -0.15) is 0 Å². The first-order valence-corrected chi connectivity index (χ1v) is 14.7. The van der Waals surface area contributed by atoms with E-state index in [1.165, 1.54) is 27.8 Å². The number of para-hydroxylation sites is 2. The molecule has 6 rings (SSSR count). The largest absolute Gasteiger partial charge is 0.311 e. The molecule has 0 saturated heterocycles. The molecular formula is C40H38N2. The van der Waals surface area contributed by atoms with Crippen molar-refractivity contribution in [2.45, 2.75) is 39.3 Å². The van der Waals surface area contributed by atoms with Gasteiger partial charge in [0.2, 0.25) is 0 Å². The van der Waals surface area contributed by atoms with Crippen molar-refractivity contribution in [2.24, 2.45) is 0 Å². The standard InChI is InChI=1S/C40H38N2/c1-30-24-31(2)27-38(26-30)41(36-16-10-6-11-17-36)40(22-20-35(21-23-40)34-14-8-5-9-15-34)42(37-18-12-7-13-19-37)39-28-32(3)25-33(4)29-39/h5-29,35H,1-4H3. The van der Waals surface area contributed by atoms with E-state index in [1.807, 2.05) is 0 Å². The van der Waals surface area contributed by atoms with Crippen LogP contribution in [0.25, 0.3) is 0 Å². The third-order valence-electron chi connectivity index (χ3n) is 7.96. The van der Waals surface area contributed by atoms with Crippen LogP contribution in [0.3, 0.4) is 0 Å². The van der Waals surface area contributed by atoms with Gasteiger partial charge in [0, 0.05) is 28.7 Å². The number of nitrogens with zero attached hydrogens (tertiary/aromatic N) is 2. The van der Waals surface area contributed by atoms with Crippen molar-refractivity contribution < 1.29 is 0 Å². The maximum absolute atomic E-state index is 2.49. The molecule has 1 aliphatic rings. The number of rotatable bonds is 7. The second-order valence-electron chi connectivity index (χ2n) is 11.5. The molecule has 42 heavy (non-hydrogen) atoms. The summed E-state index contributed by atoms with van der Waals surface area (Å²) in [5, 5.41) is 0. The summed E-state index contributed by atoms with van der Waals surface area (Å²) in [6.07, 6.45) is 9.54. The number of hydrogen-bond acceptors (Lipinski definition) is 2. The first kappa shape index (κ1) is 27.4. The van der Waals surface area contributed by atoms with Gasteiger partial charge in [-0.3, -0.25) is 0 Å². The molecule has 5 aromatic carbocycles. The molecular weight excluding hydrogens is 508 g/mol. The molecule has 0 fully saturated rings. The van der Waals surface area contributed by atoms with Gasteiger partial charge in [-0.1, -0.05) is 91.0 Å². The van der Waals surface area contributed by atoms with Crippen molar-refractivity contribution in [1.82, 2.24) is 0 Å². The van der Waals surface area contributed by atoms with Gasteiger partial charge in [-0.05, 0) is 116 Å². The van der Waals surface area contributed by atoms with E-state index < -0.39 is 5.66 Å². The highest BCUT2D eigenvalue weighted by atomic mass is 15.4. The molecule has 0 unspecified atom stereocenters. The van der Waals surface area contributed by atoms with E-state index in [2.05, 4.69) is 189 Å². The molecule has 0 spiro atoms. The van der Waals surface area contributed by atoms with Crippen LogP contribution in [0.2, 0.25) is 0 Å². The van der Waals surface area contributed by atoms with Crippen LogP contribution in [0.15, 0.2) is 152 Å². The lowest BCUT2D eigenvalue weighted by atomic mass is 9.87. The van der Waals surface area contributed by atoms with Crippen molar-refractivity contribution in [3.63, 3.8) is 0 Å². The molecule has 0 radical (unpaired) electrons. The van der Waals surface area contributed by atoms with Crippen LogP contribution in [0, 0.1) is 27.7 Å². The fourth-order valence-corrected chi connectivity index (χ4v) is 6.34. The normalized spacial score (nSPS) is 14.1. The van der Waals surface area contributed by atoms with Crippen molar-refractivity contribution in [1.29, 1.82) is 0 Å². The van der Waals surface area contributed by atoms with E-state index in [4.69, 9.17) is 0 Å². The second-order valence-corrected chi connectivity index (χ2v) is 11.5. The van der Waals surface area contributed by atoms with Crippen molar-refractivity contribution in [3.05, 3.63) is 180 Å². The lowest BCUT2D eigenvalue weighted by Gasteiger charge is -2.51. The van der Waals surface area contributed by atoms with Gasteiger partial charge in [-0.15, -0.1) is 0 Å². The average molecular weight is 547 g/mol. The molecule has 0 aromatic heterocycles. The predicted octanol–water partition coefficient (Wildman–Crippen LogP) is 10.5. The third kappa shape index (κ3) is 5.41. The topological polar surface area (TPSA) is 6.48 Å². The van der Waals surface area contributed by atoms with Crippen LogP contribution in [0.1, 0.15) is 33.7 Å². The summed E-state index contributed by atoms with van der Waals surface area (Å²) in [5.74, 6) is 0.188. The smallest absolute Gasteiger partial charge is 0.160 e. The van der Waals surface area contributed by atoms with Gasteiger partial charge in [0.25, 0.3) is 0 Å². The van der Waals surface area contributed by atoms with Crippen LogP contribution < -0.4 is 9.80 Å². The summed E-state index contributed by atoms with van der Waals surface area (Å²) in [6, 6.07) is 46.0. The molecule has 0 saturated carbocycles. The van der Waals surface area contributed by atoms with Crippen molar-refractivity contribution >= 4 is 22.7 Å². The van der Waals surface area contributed by atoms with Gasteiger partial charge in [0.15, 0.2) is 5.66 Å². The highest BCUT2D eigenvalue weighted by Gasteiger charge is 2.42. The Morgan fingerprint density at radius 1 is 0.429 bits per heavy atom. The molecule has 0 heterocycles. The van der Waals surface area contributed by atoms with Gasteiger partial charge in [0.05, 0.1) is 0 Å². The summed E-state index contributed by atoms with van der Waals surface area (Å²) in [7, 11) is 0. The molecule has 0 N–H and O–H groups in total. The van der Waals surface area contributed by atoms with E-state index in [1.54, 1.807) is 0 Å². The monoisotopic (exact) mass is 546 g/mol. The Bertz CT molecular complexity index is 1570. The Morgan fingerprint density at radius 2 is 0.786 bits per heavy atom. The molecule has 2 nitrogen and oxygen atoms in total. The molecule has 0 atom stereocenters. The number of anilines is 4. The van der Waals surface area contributed by atoms with E-state index in [0.717, 1.165) is 22.7 Å². The zero-order chi connectivity index (χ0) is 29.1. The first-order chi connectivity index (χ1) is 20.4. The third-order valence-corrected chi connectivity index (χ3v) is 7.96. The Balaban J connectivity index is 1.67. The van der Waals surface area contributed by atoms with Crippen molar-refractivity contribution in [2.75, 3.05) is 9.80 Å². The Kier molecular flexibility index (Phi) is 7.54. The Hall–Kier alpha value is -4.82. The second kappa shape index (κ2) is 11.6. The summed E-state index contributed by atoms with van der Waals surface area (Å²) < 4.78 is 0. The SMILES string of the molecule is Cc1cc(C)cc(N(c2ccccc2)C2(N(c3ccccc3)c3cc(C)cc(C)c3)C=CC(c3ccccc3)C=C2)c1. The lowest BCUT2D eigenvalue weighted by Crippen LogP contribution is -2.56. The highest BCUT2D eigenvalue weighted by Crippen LogP contribution is 2.46. The fraction of sp³-hybridized carbons (Fsp3) is 0.150. The number of aryl methyl sites for hydroxylation is 4. The molecule has 5 aromatic rings. The van der Waals surface area contributed by atoms with Crippen LogP contribution in [-0.4, -0.2) is 5.66 Å². The quantitative estimate of drug-likeness (QED) is 0.148. The summed E-state index contributed by atoms with van der Waals surface area (Å²) in [6.45, 7) is 8.73. The van der Waals surface area contributed by atoms with E-state index in [9.17, 15) is 0 Å². The number of hydrogen-bond donors (Lipinski definition) is 0. The molecule has 0 amide bonds. The van der Waals surface area contributed by atoms with Gasteiger partial charge < -0.3 is 9.80 Å². The van der Waals surface area contributed by atoms with E-state index in [0.29, 0.717) is 0 Å². The molecule has 0 aliphatic heterocycles. The van der Waals surface area contributed by atoms with E-state index >= 15 is 0 Å². The average Bonchev–Trinajstić information content (AvgIpc) is 2.98. The van der Waals surface area contributed by atoms with Crippen LogP contribution >= 0.6 is 0 Å². The number of benzene rings is 5. The lowest BCUT2D eigenvalue weighted by molar-refractivity contribution is 0.625. The van der Waals surface area contributed by atoms with Gasteiger partial charge in [-0.25, -0.2) is 0 Å². The van der Waals surface area contributed by atoms with Crippen molar-refractivity contribution in [3.8, 4) is 0 Å². The van der Waals surface area contributed by atoms with Gasteiger partial charge in [0.1, 0.15) is 0 Å². The van der Waals surface area contributed by atoms with Crippen LogP contribution in [-0.2, 0) is 0 Å². The maximum atomic E-state index is 2.49. The zero-order valence-electron chi connectivity index (χ0n) is 24.9. The molecule has 0 bridgehead atoms. The summed E-state index contributed by atoms with van der Waals surface area (Å²) >= 11 is 0. The maximum Gasteiger partial charge on any atom is 0.160 e. The molecule has 1 aliphatic carbocycles. The highest BCUT2D eigenvalue weighted by molar-refractivity contribution is 5.79. The predicted molar refractivity (Wildman–Crippen MR) is 179 cm³/mol. The summed E-state index contributed by atoms with van der Waals surface area (Å²) in [4.78, 5) is 4.98. The summed E-state index contributed by atoms with van der Waals surface area (Å²) in [5.41, 5.74) is 10.1. The number of allylic oxidation sites excluding steroid dienone is 2. The zero-order valence-corrected chi connectivity index (χ0v) is 24.9. The fourth-order valence-electron chi connectivity index (χ4n) is 6.34. The van der Waals surface area contributed by atoms with Gasteiger partial charge >= 0.3 is 0 Å². The van der Waals surface area contributed by atoms with Crippen LogP contribution in [0.4, 0.5) is 22.7 Å². The van der Waals surface area contributed by atoms with Crippen LogP contribution in [0.5, 0.6) is 0 Å². The Morgan fingerprint density at radius 3 is 1.17 bits per heavy atom. The van der Waals surface area contributed by atoms with E-state index in [-0.39, 0.29) is 5.92 Å². The Labute approximate surface area is 250 Å². The molecule has 2 heteroatoms. The minimum Gasteiger partial charge on any atom is -0.311 e. The minimum absolute atomic E-state index is 0.188. The molecule has 208 valence electrons. The first-order valence-electron chi connectivity index (χ1n) is 14.7.